The van der Waals surface area contributed by atoms with Gasteiger partial charge in [-0.2, -0.15) is 0 Å². The van der Waals surface area contributed by atoms with Crippen LogP contribution in [0.2, 0.25) is 0 Å². The van der Waals surface area contributed by atoms with Gasteiger partial charge in [0, 0.05) is 24.5 Å². The molecule has 138 valence electrons. The molecule has 0 aromatic heterocycles. The van der Waals surface area contributed by atoms with Crippen molar-refractivity contribution in [2.45, 2.75) is 4.90 Å². The van der Waals surface area contributed by atoms with E-state index in [1.165, 1.54) is 0 Å². The SMILES string of the molecule is O=C(O)c1cc(S(=O)(=O)Nc2ccc(N3CCOCC3)cc2)ccc1F. The normalized spacial score (nSPS) is 14.9. The second kappa shape index (κ2) is 7.30. The van der Waals surface area contributed by atoms with Crippen LogP contribution in [0.3, 0.4) is 0 Å². The zero-order chi connectivity index (χ0) is 18.7. The Morgan fingerprint density at radius 3 is 2.38 bits per heavy atom. The van der Waals surface area contributed by atoms with Crippen LogP contribution >= 0.6 is 0 Å². The molecule has 2 N–H and O–H groups in total. The Bertz CT molecular complexity index is 909. The molecule has 0 unspecified atom stereocenters. The van der Waals surface area contributed by atoms with E-state index in [0.717, 1.165) is 37.0 Å². The number of ether oxygens (including phenoxy) is 1. The van der Waals surface area contributed by atoms with Gasteiger partial charge in [0.1, 0.15) is 5.82 Å². The van der Waals surface area contributed by atoms with Gasteiger partial charge in [0.25, 0.3) is 10.0 Å². The largest absolute Gasteiger partial charge is 0.478 e. The maximum absolute atomic E-state index is 13.4. The van der Waals surface area contributed by atoms with Crippen molar-refractivity contribution in [2.75, 3.05) is 35.9 Å². The number of carbonyl (C=O) groups is 1. The van der Waals surface area contributed by atoms with Gasteiger partial charge in [0.05, 0.1) is 23.7 Å². The van der Waals surface area contributed by atoms with Gasteiger partial charge in [-0.1, -0.05) is 0 Å². The molecule has 7 nitrogen and oxygen atoms in total. The molecule has 1 saturated heterocycles. The molecule has 1 fully saturated rings. The number of benzene rings is 2. The van der Waals surface area contributed by atoms with Crippen LogP contribution < -0.4 is 9.62 Å². The molecule has 2 aromatic carbocycles. The molecule has 0 bridgehead atoms. The lowest BCUT2D eigenvalue weighted by molar-refractivity contribution is 0.0691. The first kappa shape index (κ1) is 18.2. The molecule has 1 aliphatic heterocycles. The standard InChI is InChI=1S/C17H17FN2O5S/c18-16-6-5-14(11-15(16)17(21)22)26(23,24)19-12-1-3-13(4-2-12)20-7-9-25-10-8-20/h1-6,11,19H,7-10H2,(H,21,22). The van der Waals surface area contributed by atoms with Gasteiger partial charge in [-0.3, -0.25) is 4.72 Å². The van der Waals surface area contributed by atoms with Crippen molar-refractivity contribution >= 4 is 27.4 Å². The number of aromatic carboxylic acids is 1. The number of morpholine rings is 1. The molecule has 0 radical (unpaired) electrons. The molecule has 0 amide bonds. The zero-order valence-electron chi connectivity index (χ0n) is 13.7. The Hall–Kier alpha value is -2.65. The smallest absolute Gasteiger partial charge is 0.338 e. The van der Waals surface area contributed by atoms with Crippen LogP contribution in [0.25, 0.3) is 0 Å². The average Bonchev–Trinajstić information content (AvgIpc) is 2.62. The first-order valence-corrected chi connectivity index (χ1v) is 9.33. The van der Waals surface area contributed by atoms with E-state index < -0.39 is 27.4 Å². The molecule has 2 aromatic rings. The van der Waals surface area contributed by atoms with Gasteiger partial charge in [-0.15, -0.1) is 0 Å². The Morgan fingerprint density at radius 2 is 1.77 bits per heavy atom. The first-order chi connectivity index (χ1) is 12.4. The second-order valence-electron chi connectivity index (χ2n) is 5.70. The first-order valence-electron chi connectivity index (χ1n) is 7.85. The van der Waals surface area contributed by atoms with Crippen LogP contribution in [0.5, 0.6) is 0 Å². The van der Waals surface area contributed by atoms with E-state index in [4.69, 9.17) is 9.84 Å². The maximum Gasteiger partial charge on any atom is 0.338 e. The van der Waals surface area contributed by atoms with Crippen LogP contribution in [-0.2, 0) is 14.8 Å². The lowest BCUT2D eigenvalue weighted by Gasteiger charge is -2.28. The van der Waals surface area contributed by atoms with Gasteiger partial charge in [0.2, 0.25) is 0 Å². The Kier molecular flexibility index (Phi) is 5.10. The van der Waals surface area contributed by atoms with Gasteiger partial charge >= 0.3 is 5.97 Å². The van der Waals surface area contributed by atoms with Gasteiger partial charge in [-0.25, -0.2) is 17.6 Å². The summed E-state index contributed by atoms with van der Waals surface area (Å²) in [6.07, 6.45) is 0. The van der Waals surface area contributed by atoms with Crippen molar-refractivity contribution in [1.82, 2.24) is 0 Å². The number of carboxylic acid groups (broad SMARTS) is 1. The summed E-state index contributed by atoms with van der Waals surface area (Å²) in [4.78, 5) is 12.8. The van der Waals surface area contributed by atoms with E-state index in [1.54, 1.807) is 24.3 Å². The van der Waals surface area contributed by atoms with E-state index in [-0.39, 0.29) is 4.90 Å². The number of sulfonamides is 1. The van der Waals surface area contributed by atoms with E-state index in [1.807, 2.05) is 0 Å². The predicted molar refractivity (Wildman–Crippen MR) is 93.6 cm³/mol. The number of anilines is 2. The lowest BCUT2D eigenvalue weighted by atomic mass is 10.2. The second-order valence-corrected chi connectivity index (χ2v) is 7.38. The van der Waals surface area contributed by atoms with E-state index in [0.29, 0.717) is 18.9 Å². The molecule has 3 rings (SSSR count). The summed E-state index contributed by atoms with van der Waals surface area (Å²) in [5.41, 5.74) is 0.574. The highest BCUT2D eigenvalue weighted by Crippen LogP contribution is 2.22. The molecule has 0 aliphatic carbocycles. The van der Waals surface area contributed by atoms with E-state index in [9.17, 15) is 17.6 Å². The number of carboxylic acids is 1. The van der Waals surface area contributed by atoms with E-state index >= 15 is 0 Å². The number of halogens is 1. The minimum atomic E-state index is -4.04. The highest BCUT2D eigenvalue weighted by Gasteiger charge is 2.19. The average molecular weight is 380 g/mol. The fourth-order valence-corrected chi connectivity index (χ4v) is 3.70. The summed E-state index contributed by atoms with van der Waals surface area (Å²) in [7, 11) is -4.04. The van der Waals surface area contributed by atoms with Crippen LogP contribution in [0.1, 0.15) is 10.4 Å². The third kappa shape index (κ3) is 3.94. The Labute approximate surface area is 150 Å². The van der Waals surface area contributed by atoms with Crippen molar-refractivity contribution in [3.05, 3.63) is 53.8 Å². The van der Waals surface area contributed by atoms with Crippen LogP contribution in [0.4, 0.5) is 15.8 Å². The highest BCUT2D eigenvalue weighted by atomic mass is 32.2. The topological polar surface area (TPSA) is 95.9 Å². The fourth-order valence-electron chi connectivity index (χ4n) is 2.61. The van der Waals surface area contributed by atoms with Crippen LogP contribution in [0, 0.1) is 5.82 Å². The lowest BCUT2D eigenvalue weighted by Crippen LogP contribution is -2.36. The molecular weight excluding hydrogens is 363 g/mol. The van der Waals surface area contributed by atoms with Crippen LogP contribution in [-0.4, -0.2) is 45.8 Å². The van der Waals surface area contributed by atoms with Crippen molar-refractivity contribution in [1.29, 1.82) is 0 Å². The summed E-state index contributed by atoms with van der Waals surface area (Å²) in [6, 6.07) is 9.44. The number of nitrogens with one attached hydrogen (secondary N) is 1. The third-order valence-corrected chi connectivity index (χ3v) is 5.35. The molecule has 0 atom stereocenters. The van der Waals surface area contributed by atoms with Gasteiger partial charge in [-0.05, 0) is 42.5 Å². The molecule has 26 heavy (non-hydrogen) atoms. The van der Waals surface area contributed by atoms with Crippen LogP contribution in [0.15, 0.2) is 47.4 Å². The number of rotatable bonds is 5. The summed E-state index contributed by atoms with van der Waals surface area (Å²) < 4.78 is 45.9. The molecule has 1 aliphatic rings. The predicted octanol–water partition coefficient (Wildman–Crippen LogP) is 2.16. The monoisotopic (exact) mass is 380 g/mol. The Balaban J connectivity index is 1.79. The number of nitrogens with zero attached hydrogens (tertiary/aromatic N) is 1. The fraction of sp³-hybridized carbons (Fsp3) is 0.235. The maximum atomic E-state index is 13.4. The summed E-state index contributed by atoms with van der Waals surface area (Å²) in [5.74, 6) is -2.53. The Morgan fingerprint density at radius 1 is 1.12 bits per heavy atom. The molecule has 1 heterocycles. The van der Waals surface area contributed by atoms with Gasteiger partial charge < -0.3 is 14.7 Å². The quantitative estimate of drug-likeness (QED) is 0.825. The summed E-state index contributed by atoms with van der Waals surface area (Å²) >= 11 is 0. The molecule has 9 heteroatoms. The minimum Gasteiger partial charge on any atom is -0.478 e. The highest BCUT2D eigenvalue weighted by molar-refractivity contribution is 7.92. The zero-order valence-corrected chi connectivity index (χ0v) is 14.5. The third-order valence-electron chi connectivity index (χ3n) is 3.97. The summed E-state index contributed by atoms with van der Waals surface area (Å²) in [5, 5.41) is 8.93. The number of hydrogen-bond acceptors (Lipinski definition) is 5. The van der Waals surface area contributed by atoms with Crippen molar-refractivity contribution in [3.63, 3.8) is 0 Å². The number of hydrogen-bond donors (Lipinski definition) is 2. The summed E-state index contributed by atoms with van der Waals surface area (Å²) in [6.45, 7) is 2.81. The molecular formula is C17H17FN2O5S. The van der Waals surface area contributed by atoms with Gasteiger partial charge in [0.15, 0.2) is 0 Å². The van der Waals surface area contributed by atoms with Crippen molar-refractivity contribution < 1.29 is 27.4 Å². The molecule has 0 spiro atoms. The minimum absolute atomic E-state index is 0.322. The molecule has 0 saturated carbocycles. The van der Waals surface area contributed by atoms with Crippen molar-refractivity contribution in [2.24, 2.45) is 0 Å². The van der Waals surface area contributed by atoms with Crippen molar-refractivity contribution in [3.8, 4) is 0 Å². The van der Waals surface area contributed by atoms with E-state index in [2.05, 4.69) is 9.62 Å².